The van der Waals surface area contributed by atoms with Crippen LogP contribution in [0, 0.1) is 11.9 Å². The summed E-state index contributed by atoms with van der Waals surface area (Å²) in [6, 6.07) is 2.89. The van der Waals surface area contributed by atoms with Crippen molar-refractivity contribution in [2.45, 2.75) is 58.7 Å². The number of pyridine rings is 1. The number of rotatable bonds is 5. The van der Waals surface area contributed by atoms with Gasteiger partial charge in [-0.2, -0.15) is 4.39 Å². The molecule has 25 heavy (non-hydrogen) atoms. The van der Waals surface area contributed by atoms with Crippen molar-refractivity contribution in [1.29, 1.82) is 0 Å². The van der Waals surface area contributed by atoms with Gasteiger partial charge in [0.15, 0.2) is 5.75 Å². The summed E-state index contributed by atoms with van der Waals surface area (Å²) in [6.07, 6.45) is -1.36. The van der Waals surface area contributed by atoms with Crippen LogP contribution >= 0.6 is 0 Å². The van der Waals surface area contributed by atoms with Gasteiger partial charge < -0.3 is 18.9 Å². The first-order valence-electron chi connectivity index (χ1n) is 8.10. The highest BCUT2D eigenvalue weighted by Crippen LogP contribution is 2.33. The largest absolute Gasteiger partial charge is 0.458 e. The van der Waals surface area contributed by atoms with Crippen LogP contribution in [-0.4, -0.2) is 41.5 Å². The molecule has 0 amide bonds. The quantitative estimate of drug-likeness (QED) is 0.591. The van der Waals surface area contributed by atoms with Crippen molar-refractivity contribution < 1.29 is 32.9 Å². The summed E-state index contributed by atoms with van der Waals surface area (Å²) in [4.78, 5) is 26.5. The van der Waals surface area contributed by atoms with Crippen LogP contribution in [0.15, 0.2) is 18.3 Å². The van der Waals surface area contributed by atoms with E-state index in [1.165, 1.54) is 32.2 Å². The summed E-state index contributed by atoms with van der Waals surface area (Å²) in [5.41, 5.74) is 0. The second-order valence-corrected chi connectivity index (χ2v) is 5.87. The van der Waals surface area contributed by atoms with Gasteiger partial charge in [-0.25, -0.2) is 4.98 Å². The lowest BCUT2D eigenvalue weighted by molar-refractivity contribution is -0.267. The number of carbonyl (C=O) groups excluding carboxylic acids is 2. The number of ether oxygens (including phenoxy) is 4. The summed E-state index contributed by atoms with van der Waals surface area (Å²) >= 11 is 0. The number of esters is 2. The summed E-state index contributed by atoms with van der Waals surface area (Å²) in [5.74, 6) is -2.30. The first kappa shape index (κ1) is 19.1. The molecule has 138 valence electrons. The first-order valence-corrected chi connectivity index (χ1v) is 8.10. The zero-order chi connectivity index (χ0) is 18.6. The van der Waals surface area contributed by atoms with Gasteiger partial charge >= 0.3 is 11.9 Å². The molecule has 7 nitrogen and oxygen atoms in total. The standard InChI is InChI=1S/C17H22FNO6/c1-5-12-9(2)14(22-10(3)20)15(23-11(4)21)17(24-12)25-13-7-6-8-19-16(13)18/h6-9,12,14-15,17H,5H2,1-4H3/t9-,12+,14-,15+,17-/m0/s1/i18+0. The van der Waals surface area contributed by atoms with E-state index in [9.17, 15) is 14.0 Å². The molecule has 0 bridgehead atoms. The Bertz CT molecular complexity index is 625. The maximum Gasteiger partial charge on any atom is 0.303 e. The van der Waals surface area contributed by atoms with Gasteiger partial charge in [-0.05, 0) is 18.6 Å². The lowest BCUT2D eigenvalue weighted by atomic mass is 9.89. The Morgan fingerprint density at radius 3 is 2.44 bits per heavy atom. The van der Waals surface area contributed by atoms with E-state index in [0.29, 0.717) is 6.42 Å². The molecule has 1 saturated heterocycles. The molecule has 2 rings (SSSR count). The Hall–Kier alpha value is -2.22. The van der Waals surface area contributed by atoms with E-state index in [1.54, 1.807) is 0 Å². The Morgan fingerprint density at radius 1 is 1.24 bits per heavy atom. The molecule has 0 aliphatic carbocycles. The molecular weight excluding hydrogens is 333 g/mol. The van der Waals surface area contributed by atoms with Crippen LogP contribution in [0.25, 0.3) is 0 Å². The molecule has 0 N–H and O–H groups in total. The summed E-state index contributed by atoms with van der Waals surface area (Å²) < 4.78 is 35.9. The molecule has 1 aliphatic heterocycles. The lowest BCUT2D eigenvalue weighted by Crippen LogP contribution is -2.58. The summed E-state index contributed by atoms with van der Waals surface area (Å²) in [6.45, 7) is 6.23. The Kier molecular flexibility index (Phi) is 6.30. The van der Waals surface area contributed by atoms with Crippen LogP contribution in [0.2, 0.25) is 0 Å². The van der Waals surface area contributed by atoms with E-state index in [2.05, 4.69) is 4.98 Å². The number of nitrogens with zero attached hydrogens (tertiary/aromatic N) is 1. The molecule has 0 saturated carbocycles. The van der Waals surface area contributed by atoms with Gasteiger partial charge in [0.05, 0.1) is 6.10 Å². The van der Waals surface area contributed by atoms with Crippen LogP contribution in [-0.2, 0) is 23.8 Å². The van der Waals surface area contributed by atoms with Gasteiger partial charge in [0.2, 0.25) is 12.4 Å². The zero-order valence-electron chi connectivity index (χ0n) is 14.6. The maximum absolute atomic E-state index is 13.8. The maximum atomic E-state index is 13.8. The second-order valence-electron chi connectivity index (χ2n) is 5.87. The van der Waals surface area contributed by atoms with Gasteiger partial charge in [-0.15, -0.1) is 0 Å². The van der Waals surface area contributed by atoms with Gasteiger partial charge in [0.1, 0.15) is 6.10 Å². The molecule has 1 aliphatic rings. The van der Waals surface area contributed by atoms with Crippen molar-refractivity contribution in [3.8, 4) is 5.75 Å². The third-order valence-corrected chi connectivity index (χ3v) is 3.98. The highest BCUT2D eigenvalue weighted by atomic mass is 19.1. The molecule has 0 spiro atoms. The second kappa shape index (κ2) is 8.24. The minimum absolute atomic E-state index is 0.143. The lowest BCUT2D eigenvalue weighted by Gasteiger charge is -2.43. The Balaban J connectivity index is 2.33. The van der Waals surface area contributed by atoms with E-state index < -0.39 is 36.4 Å². The highest BCUT2D eigenvalue weighted by molar-refractivity contribution is 5.67. The van der Waals surface area contributed by atoms with Crippen LogP contribution in [0.4, 0.5) is 4.39 Å². The van der Waals surface area contributed by atoms with Crippen molar-refractivity contribution in [3.63, 3.8) is 0 Å². The van der Waals surface area contributed by atoms with Gasteiger partial charge in [0.25, 0.3) is 5.95 Å². The van der Waals surface area contributed by atoms with Crippen molar-refractivity contribution in [3.05, 3.63) is 24.3 Å². The molecular formula is C17H22FNO6. The molecule has 0 aromatic carbocycles. The smallest absolute Gasteiger partial charge is 0.303 e. The number of hydrogen-bond acceptors (Lipinski definition) is 7. The summed E-state index contributed by atoms with van der Waals surface area (Å²) in [5, 5.41) is 0. The predicted octanol–water partition coefficient (Wildman–Crippen LogP) is 2.23. The summed E-state index contributed by atoms with van der Waals surface area (Å²) in [7, 11) is 0. The van der Waals surface area contributed by atoms with E-state index in [1.807, 2.05) is 13.8 Å². The average molecular weight is 355 g/mol. The molecule has 8 heteroatoms. The number of hydrogen-bond donors (Lipinski definition) is 0. The SMILES string of the molecule is CC[C@H]1O[C@@H](Oc2cccnc2[19F])[C@H](OC(C)=O)[C@@H](OC(C)=O)[C@H]1C. The highest BCUT2D eigenvalue weighted by Gasteiger charge is 2.48. The van der Waals surface area contributed by atoms with Crippen LogP contribution in [0.1, 0.15) is 34.1 Å². The number of aromatic nitrogens is 1. The molecule has 0 radical (unpaired) electrons. The van der Waals surface area contributed by atoms with E-state index in [4.69, 9.17) is 18.9 Å². The topological polar surface area (TPSA) is 83.9 Å². The third kappa shape index (κ3) is 4.66. The zero-order valence-corrected chi connectivity index (χ0v) is 14.6. The molecule has 2 heterocycles. The fourth-order valence-electron chi connectivity index (χ4n) is 2.87. The Morgan fingerprint density at radius 2 is 1.88 bits per heavy atom. The monoisotopic (exact) mass is 355 g/mol. The fourth-order valence-corrected chi connectivity index (χ4v) is 2.87. The van der Waals surface area contributed by atoms with Gasteiger partial charge in [-0.1, -0.05) is 13.8 Å². The van der Waals surface area contributed by atoms with E-state index in [-0.39, 0.29) is 17.8 Å². The first-order chi connectivity index (χ1) is 11.8. The third-order valence-electron chi connectivity index (χ3n) is 3.98. The van der Waals surface area contributed by atoms with Gasteiger partial charge in [-0.3, -0.25) is 9.59 Å². The van der Waals surface area contributed by atoms with Crippen LogP contribution < -0.4 is 4.74 Å². The average Bonchev–Trinajstić information content (AvgIpc) is 2.54. The number of carbonyl (C=O) groups is 2. The van der Waals surface area contributed by atoms with Crippen LogP contribution in [0.5, 0.6) is 5.75 Å². The Labute approximate surface area is 145 Å². The number of halogens is 1. The molecule has 1 fully saturated rings. The van der Waals surface area contributed by atoms with Gasteiger partial charge in [0, 0.05) is 26.0 Å². The van der Waals surface area contributed by atoms with E-state index in [0.717, 1.165) is 0 Å². The molecule has 1 aromatic rings. The molecule has 5 atom stereocenters. The normalized spacial score (nSPS) is 28.9. The van der Waals surface area contributed by atoms with E-state index >= 15 is 0 Å². The minimum atomic E-state index is -1.13. The minimum Gasteiger partial charge on any atom is -0.458 e. The molecule has 0 unspecified atom stereocenters. The molecule has 1 aromatic heterocycles. The predicted molar refractivity (Wildman–Crippen MR) is 84.0 cm³/mol. The van der Waals surface area contributed by atoms with Crippen molar-refractivity contribution in [1.82, 2.24) is 4.98 Å². The fraction of sp³-hybridized carbons (Fsp3) is 0.588. The van der Waals surface area contributed by atoms with Crippen molar-refractivity contribution in [2.75, 3.05) is 0 Å². The van der Waals surface area contributed by atoms with Crippen molar-refractivity contribution >= 4 is 11.9 Å². The van der Waals surface area contributed by atoms with Crippen molar-refractivity contribution in [2.24, 2.45) is 5.92 Å². The van der Waals surface area contributed by atoms with Crippen LogP contribution in [0.3, 0.4) is 0 Å².